The minimum atomic E-state index is -0.942. The molecule has 2 saturated carbocycles. The molecule has 3 aromatic rings. The SMILES string of the molecule is COCC(c1cc(F)cnc1OC)n1cc(NC(=O)C(NC(=O)OCc2ccccc2)C(C2CC2)C2CC2)c(F)n1. The minimum absolute atomic E-state index is 0.00112. The average Bonchev–Trinajstić information content (AvgIpc) is 3.91. The number of hydrogen-bond acceptors (Lipinski definition) is 7. The van der Waals surface area contributed by atoms with Crippen molar-refractivity contribution in [3.63, 3.8) is 0 Å². The predicted molar refractivity (Wildman–Crippen MR) is 144 cm³/mol. The number of anilines is 1. The van der Waals surface area contributed by atoms with E-state index in [2.05, 4.69) is 20.7 Å². The maximum absolute atomic E-state index is 15.1. The van der Waals surface area contributed by atoms with Crippen molar-refractivity contribution in [2.45, 2.75) is 44.4 Å². The lowest BCUT2D eigenvalue weighted by molar-refractivity contribution is -0.119. The Balaban J connectivity index is 1.35. The maximum Gasteiger partial charge on any atom is 0.408 e. The lowest BCUT2D eigenvalue weighted by Crippen LogP contribution is -2.50. The molecule has 2 amide bonds. The molecular weight excluding hydrogens is 536 g/mol. The molecule has 0 bridgehead atoms. The predicted octanol–water partition coefficient (Wildman–Crippen LogP) is 4.47. The first-order valence-electron chi connectivity index (χ1n) is 13.6. The van der Waals surface area contributed by atoms with Crippen LogP contribution in [0.2, 0.25) is 0 Å². The molecule has 218 valence electrons. The van der Waals surface area contributed by atoms with Gasteiger partial charge in [0, 0.05) is 12.7 Å². The zero-order valence-electron chi connectivity index (χ0n) is 22.9. The number of nitrogens with one attached hydrogen (secondary N) is 2. The van der Waals surface area contributed by atoms with Gasteiger partial charge in [0.15, 0.2) is 0 Å². The lowest BCUT2D eigenvalue weighted by Gasteiger charge is -2.27. The number of methoxy groups -OCH3 is 2. The van der Waals surface area contributed by atoms with Crippen LogP contribution in [-0.4, -0.2) is 53.6 Å². The van der Waals surface area contributed by atoms with Crippen LogP contribution in [0.25, 0.3) is 0 Å². The largest absolute Gasteiger partial charge is 0.481 e. The number of hydrogen-bond donors (Lipinski definition) is 2. The van der Waals surface area contributed by atoms with Crippen LogP contribution in [0.15, 0.2) is 48.8 Å². The summed E-state index contributed by atoms with van der Waals surface area (Å²) in [5, 5.41) is 9.30. The van der Waals surface area contributed by atoms with Crippen molar-refractivity contribution in [1.82, 2.24) is 20.1 Å². The van der Waals surface area contributed by atoms with Crippen molar-refractivity contribution in [3.05, 3.63) is 71.7 Å². The molecule has 0 aliphatic heterocycles. The monoisotopic (exact) mass is 569 g/mol. The van der Waals surface area contributed by atoms with Crippen LogP contribution in [0, 0.1) is 29.5 Å². The van der Waals surface area contributed by atoms with Crippen LogP contribution < -0.4 is 15.4 Å². The van der Waals surface area contributed by atoms with Gasteiger partial charge in [0.25, 0.3) is 5.95 Å². The fraction of sp³-hybridized carbons (Fsp3) is 0.448. The number of pyridine rings is 1. The molecular formula is C29H33F2N5O5. The van der Waals surface area contributed by atoms with Gasteiger partial charge in [-0.25, -0.2) is 14.2 Å². The molecule has 5 rings (SSSR count). The Bertz CT molecular complexity index is 1350. The molecule has 2 atom stereocenters. The van der Waals surface area contributed by atoms with Crippen molar-refractivity contribution < 1.29 is 32.6 Å². The summed E-state index contributed by atoms with van der Waals surface area (Å²) in [4.78, 5) is 30.3. The zero-order valence-corrected chi connectivity index (χ0v) is 22.9. The molecule has 2 aromatic heterocycles. The number of benzene rings is 1. The second-order valence-corrected chi connectivity index (χ2v) is 10.5. The van der Waals surface area contributed by atoms with Gasteiger partial charge in [-0.3, -0.25) is 9.48 Å². The Kier molecular flexibility index (Phi) is 8.77. The number of nitrogens with zero attached hydrogens (tertiary/aromatic N) is 3. The van der Waals surface area contributed by atoms with E-state index in [1.165, 1.54) is 31.2 Å². The molecule has 41 heavy (non-hydrogen) atoms. The molecule has 10 nitrogen and oxygen atoms in total. The van der Waals surface area contributed by atoms with Gasteiger partial charge in [-0.1, -0.05) is 30.3 Å². The summed E-state index contributed by atoms with van der Waals surface area (Å²) < 4.78 is 46.3. The van der Waals surface area contributed by atoms with Crippen LogP contribution in [0.1, 0.15) is 42.9 Å². The third-order valence-corrected chi connectivity index (χ3v) is 7.47. The van der Waals surface area contributed by atoms with Crippen molar-refractivity contribution >= 4 is 17.7 Å². The number of rotatable bonds is 13. The van der Waals surface area contributed by atoms with E-state index in [1.807, 2.05) is 30.3 Å². The third kappa shape index (κ3) is 6.99. The first-order valence-corrected chi connectivity index (χ1v) is 13.6. The topological polar surface area (TPSA) is 117 Å². The van der Waals surface area contributed by atoms with Crippen LogP contribution >= 0.6 is 0 Å². The number of ether oxygens (including phenoxy) is 3. The molecule has 2 aliphatic rings. The van der Waals surface area contributed by atoms with Gasteiger partial charge in [-0.2, -0.15) is 4.39 Å². The van der Waals surface area contributed by atoms with E-state index in [1.54, 1.807) is 0 Å². The van der Waals surface area contributed by atoms with E-state index >= 15 is 4.39 Å². The van der Waals surface area contributed by atoms with E-state index in [9.17, 15) is 14.0 Å². The van der Waals surface area contributed by atoms with E-state index in [0.29, 0.717) is 11.8 Å². The van der Waals surface area contributed by atoms with Crippen molar-refractivity contribution in [1.29, 1.82) is 0 Å². The Morgan fingerprint density at radius 1 is 1.10 bits per heavy atom. The highest BCUT2D eigenvalue weighted by Gasteiger charge is 2.48. The first kappa shape index (κ1) is 28.5. The van der Waals surface area contributed by atoms with Gasteiger partial charge in [0.1, 0.15) is 30.2 Å². The van der Waals surface area contributed by atoms with E-state index in [4.69, 9.17) is 14.2 Å². The number of aromatic nitrogens is 3. The molecule has 2 N–H and O–H groups in total. The van der Waals surface area contributed by atoms with Crippen LogP contribution in [0.5, 0.6) is 5.88 Å². The normalized spacial score (nSPS) is 16.2. The van der Waals surface area contributed by atoms with Gasteiger partial charge in [-0.05, 0) is 55.1 Å². The summed E-state index contributed by atoms with van der Waals surface area (Å²) >= 11 is 0. The average molecular weight is 570 g/mol. The fourth-order valence-electron chi connectivity index (χ4n) is 5.26. The molecule has 0 spiro atoms. The lowest BCUT2D eigenvalue weighted by atomic mass is 9.89. The molecule has 2 fully saturated rings. The Hall–Kier alpha value is -4.06. The number of alkyl carbamates (subject to hydrolysis) is 1. The summed E-state index contributed by atoms with van der Waals surface area (Å²) in [6, 6.07) is 8.72. The molecule has 0 radical (unpaired) electrons. The second-order valence-electron chi connectivity index (χ2n) is 10.5. The molecule has 0 saturated heterocycles. The molecule has 2 unspecified atom stereocenters. The second kappa shape index (κ2) is 12.6. The number of halogens is 2. The zero-order chi connectivity index (χ0) is 28.9. The highest BCUT2D eigenvalue weighted by molar-refractivity contribution is 5.96. The van der Waals surface area contributed by atoms with Crippen molar-refractivity contribution in [2.75, 3.05) is 26.1 Å². The first-order chi connectivity index (χ1) is 19.9. The minimum Gasteiger partial charge on any atom is -0.481 e. The van der Waals surface area contributed by atoms with Crippen LogP contribution in [0.3, 0.4) is 0 Å². The smallest absolute Gasteiger partial charge is 0.408 e. The molecule has 12 heteroatoms. The third-order valence-electron chi connectivity index (χ3n) is 7.47. The summed E-state index contributed by atoms with van der Waals surface area (Å²) in [6.45, 7) is 0.0537. The van der Waals surface area contributed by atoms with Crippen LogP contribution in [-0.2, 0) is 20.9 Å². The summed E-state index contributed by atoms with van der Waals surface area (Å²) in [7, 11) is 2.83. The standard InChI is InChI=1S/C29H33F2N5O5/c1-39-16-23(21-12-20(30)13-32-28(21)40-2)36-14-22(26(31)35-36)33-27(37)25(24(18-8-9-18)19-10-11-19)34-29(38)41-15-17-6-4-3-5-7-17/h3-7,12-14,18-19,23-25H,8-11,15-16H2,1-2H3,(H,33,37)(H,34,38). The number of amides is 2. The van der Waals surface area contributed by atoms with E-state index < -0.39 is 35.8 Å². The molecule has 1 aromatic carbocycles. The van der Waals surface area contributed by atoms with Crippen LogP contribution in [0.4, 0.5) is 19.3 Å². The van der Waals surface area contributed by atoms with E-state index in [-0.39, 0.29) is 36.3 Å². The van der Waals surface area contributed by atoms with Gasteiger partial charge < -0.3 is 24.8 Å². The van der Waals surface area contributed by atoms with Gasteiger partial charge in [0.2, 0.25) is 11.8 Å². The van der Waals surface area contributed by atoms with Gasteiger partial charge in [-0.15, -0.1) is 5.10 Å². The van der Waals surface area contributed by atoms with Gasteiger partial charge in [0.05, 0.1) is 26.1 Å². The van der Waals surface area contributed by atoms with E-state index in [0.717, 1.165) is 37.4 Å². The Morgan fingerprint density at radius 2 is 1.80 bits per heavy atom. The molecule has 2 aliphatic carbocycles. The molecule has 2 heterocycles. The number of carbonyl (C=O) groups is 2. The fourth-order valence-corrected chi connectivity index (χ4v) is 5.26. The Morgan fingerprint density at radius 3 is 2.44 bits per heavy atom. The highest BCUT2D eigenvalue weighted by Crippen LogP contribution is 2.51. The quantitative estimate of drug-likeness (QED) is 0.312. The van der Waals surface area contributed by atoms with Crippen molar-refractivity contribution in [3.8, 4) is 5.88 Å². The maximum atomic E-state index is 15.1. The highest BCUT2D eigenvalue weighted by atomic mass is 19.1. The summed E-state index contributed by atoms with van der Waals surface area (Å²) in [5.41, 5.74) is 0.919. The summed E-state index contributed by atoms with van der Waals surface area (Å²) in [5.74, 6) is -1.45. The van der Waals surface area contributed by atoms with Gasteiger partial charge >= 0.3 is 6.09 Å². The Labute approximate surface area is 236 Å². The number of carbonyl (C=O) groups excluding carboxylic acids is 2. The van der Waals surface area contributed by atoms with Crippen molar-refractivity contribution in [2.24, 2.45) is 17.8 Å². The summed E-state index contributed by atoms with van der Waals surface area (Å²) in [6.07, 6.45) is 5.48.